The van der Waals surface area contributed by atoms with Crippen molar-refractivity contribution in [3.05, 3.63) is 59.7 Å². The van der Waals surface area contributed by atoms with Crippen LogP contribution in [0.25, 0.3) is 0 Å². The van der Waals surface area contributed by atoms with Gasteiger partial charge >= 0.3 is 0 Å². The maximum absolute atomic E-state index is 11.1. The summed E-state index contributed by atoms with van der Waals surface area (Å²) >= 11 is 0. The summed E-state index contributed by atoms with van der Waals surface area (Å²) in [5.41, 5.74) is 3.40. The minimum Gasteiger partial charge on any atom is -0.497 e. The van der Waals surface area contributed by atoms with Crippen molar-refractivity contribution in [2.75, 3.05) is 39.1 Å². The number of anilines is 1. The van der Waals surface area contributed by atoms with Gasteiger partial charge in [0.15, 0.2) is 5.96 Å². The molecule has 2 aromatic carbocycles. The topological polar surface area (TPSA) is 66.0 Å². The average molecular weight is 395 g/mol. The van der Waals surface area contributed by atoms with E-state index < -0.39 is 0 Å². The third-order valence-corrected chi connectivity index (χ3v) is 5.26. The van der Waals surface area contributed by atoms with Gasteiger partial charge in [-0.15, -0.1) is 0 Å². The van der Waals surface area contributed by atoms with Crippen LogP contribution in [0.4, 0.5) is 5.69 Å². The van der Waals surface area contributed by atoms with Crippen molar-refractivity contribution < 1.29 is 9.53 Å². The third kappa shape index (κ3) is 5.73. The number of methoxy groups -OCH3 is 1. The molecule has 2 aromatic rings. The summed E-state index contributed by atoms with van der Waals surface area (Å²) in [5.74, 6) is 2.31. The van der Waals surface area contributed by atoms with Crippen LogP contribution in [-0.4, -0.2) is 50.6 Å². The van der Waals surface area contributed by atoms with Crippen LogP contribution in [0.5, 0.6) is 5.75 Å². The highest BCUT2D eigenvalue weighted by Crippen LogP contribution is 2.28. The van der Waals surface area contributed by atoms with E-state index in [1.54, 1.807) is 7.11 Å². The maximum Gasteiger partial charge on any atom is 0.221 e. The predicted octanol–water partition coefficient (Wildman–Crippen LogP) is 3.26. The van der Waals surface area contributed by atoms with Gasteiger partial charge in [0.1, 0.15) is 5.75 Å². The third-order valence-electron chi connectivity index (χ3n) is 5.26. The van der Waals surface area contributed by atoms with Crippen LogP contribution < -0.4 is 15.4 Å². The summed E-state index contributed by atoms with van der Waals surface area (Å²) in [7, 11) is 3.53. The molecule has 154 valence electrons. The number of amides is 1. The van der Waals surface area contributed by atoms with E-state index in [0.29, 0.717) is 5.92 Å². The van der Waals surface area contributed by atoms with Gasteiger partial charge in [0.2, 0.25) is 5.91 Å². The van der Waals surface area contributed by atoms with Crippen molar-refractivity contribution in [2.45, 2.75) is 25.7 Å². The van der Waals surface area contributed by atoms with Gasteiger partial charge in [-0.2, -0.15) is 0 Å². The molecule has 1 amide bonds. The summed E-state index contributed by atoms with van der Waals surface area (Å²) in [6.45, 7) is 4.30. The maximum atomic E-state index is 11.1. The molecule has 1 atom stereocenters. The Morgan fingerprint density at radius 3 is 2.52 bits per heavy atom. The van der Waals surface area contributed by atoms with E-state index in [-0.39, 0.29) is 5.91 Å². The standard InChI is InChI=1S/C23H30N4O2/c1-17(28)26-21-8-4-18(5-9-21)12-14-25-23(24-2)27-15-13-20(16-27)19-6-10-22(29-3)11-7-19/h4-11,20H,12-16H2,1-3H3,(H,24,25)(H,26,28). The van der Waals surface area contributed by atoms with Gasteiger partial charge in [-0.3, -0.25) is 9.79 Å². The molecule has 0 aliphatic carbocycles. The SMILES string of the molecule is CN=C(NCCc1ccc(NC(C)=O)cc1)N1CCC(c2ccc(OC)cc2)C1. The van der Waals surface area contributed by atoms with Crippen LogP contribution in [-0.2, 0) is 11.2 Å². The van der Waals surface area contributed by atoms with Crippen molar-refractivity contribution in [3.63, 3.8) is 0 Å². The number of likely N-dealkylation sites (tertiary alicyclic amines) is 1. The second-order valence-electron chi connectivity index (χ2n) is 7.31. The number of ether oxygens (including phenoxy) is 1. The quantitative estimate of drug-likeness (QED) is 0.583. The molecule has 2 N–H and O–H groups in total. The van der Waals surface area contributed by atoms with Crippen LogP contribution in [0.15, 0.2) is 53.5 Å². The Morgan fingerprint density at radius 2 is 1.90 bits per heavy atom. The van der Waals surface area contributed by atoms with Crippen molar-refractivity contribution in [1.82, 2.24) is 10.2 Å². The lowest BCUT2D eigenvalue weighted by atomic mass is 9.98. The first kappa shape index (κ1) is 20.7. The Morgan fingerprint density at radius 1 is 1.17 bits per heavy atom. The fraction of sp³-hybridized carbons (Fsp3) is 0.391. The Bertz CT molecular complexity index is 831. The minimum atomic E-state index is -0.0539. The molecule has 1 unspecified atom stereocenters. The van der Waals surface area contributed by atoms with Gasteiger partial charge in [-0.1, -0.05) is 24.3 Å². The monoisotopic (exact) mass is 394 g/mol. The summed E-state index contributed by atoms with van der Waals surface area (Å²) in [4.78, 5) is 17.9. The molecule has 0 bridgehead atoms. The molecule has 6 heteroatoms. The molecule has 1 heterocycles. The lowest BCUT2D eigenvalue weighted by Crippen LogP contribution is -2.40. The second kappa shape index (κ2) is 9.96. The van der Waals surface area contributed by atoms with Crippen LogP contribution >= 0.6 is 0 Å². The molecule has 3 rings (SSSR count). The van der Waals surface area contributed by atoms with E-state index in [9.17, 15) is 4.79 Å². The first-order chi connectivity index (χ1) is 14.1. The lowest BCUT2D eigenvalue weighted by Gasteiger charge is -2.22. The number of nitrogens with one attached hydrogen (secondary N) is 2. The van der Waals surface area contributed by atoms with Crippen molar-refractivity contribution in [3.8, 4) is 5.75 Å². The Labute approximate surface area is 173 Å². The van der Waals surface area contributed by atoms with Gasteiger partial charge in [0.05, 0.1) is 7.11 Å². The molecule has 1 fully saturated rings. The molecular weight excluding hydrogens is 364 g/mol. The molecule has 0 saturated carbocycles. The van der Waals surface area contributed by atoms with E-state index in [1.165, 1.54) is 18.1 Å². The van der Waals surface area contributed by atoms with Crippen molar-refractivity contribution in [1.29, 1.82) is 0 Å². The Balaban J connectivity index is 1.48. The van der Waals surface area contributed by atoms with Crippen LogP contribution in [0.2, 0.25) is 0 Å². The van der Waals surface area contributed by atoms with E-state index >= 15 is 0 Å². The van der Waals surface area contributed by atoms with Gasteiger partial charge in [0, 0.05) is 45.2 Å². The Hall–Kier alpha value is -3.02. The minimum absolute atomic E-state index is 0.0539. The molecular formula is C23H30N4O2. The summed E-state index contributed by atoms with van der Waals surface area (Å²) in [6, 6.07) is 16.3. The van der Waals surface area contributed by atoms with E-state index in [1.807, 2.05) is 43.4 Å². The zero-order valence-corrected chi connectivity index (χ0v) is 17.4. The summed E-state index contributed by atoms with van der Waals surface area (Å²) < 4.78 is 5.25. The smallest absolute Gasteiger partial charge is 0.221 e. The number of benzene rings is 2. The van der Waals surface area contributed by atoms with E-state index in [4.69, 9.17) is 4.74 Å². The zero-order chi connectivity index (χ0) is 20.6. The van der Waals surface area contributed by atoms with Crippen molar-refractivity contribution >= 4 is 17.6 Å². The molecule has 0 aromatic heterocycles. The largest absolute Gasteiger partial charge is 0.497 e. The van der Waals surface area contributed by atoms with Gasteiger partial charge < -0.3 is 20.3 Å². The summed E-state index contributed by atoms with van der Waals surface area (Å²) in [5, 5.41) is 6.27. The number of aliphatic imine (C=N–C) groups is 1. The molecule has 6 nitrogen and oxygen atoms in total. The molecule has 0 spiro atoms. The second-order valence-corrected chi connectivity index (χ2v) is 7.31. The predicted molar refractivity (Wildman–Crippen MR) is 118 cm³/mol. The van der Waals surface area contributed by atoms with Crippen molar-refractivity contribution in [2.24, 2.45) is 4.99 Å². The van der Waals surface area contributed by atoms with Crippen LogP contribution in [0.1, 0.15) is 30.4 Å². The molecule has 1 aliphatic rings. The van der Waals surface area contributed by atoms with E-state index in [2.05, 4.69) is 32.7 Å². The number of rotatable bonds is 6. The highest BCUT2D eigenvalue weighted by Gasteiger charge is 2.25. The molecule has 29 heavy (non-hydrogen) atoms. The molecule has 1 aliphatic heterocycles. The molecule has 0 radical (unpaired) electrons. The van der Waals surface area contributed by atoms with Gasteiger partial charge in [-0.05, 0) is 48.2 Å². The van der Waals surface area contributed by atoms with Gasteiger partial charge in [-0.25, -0.2) is 0 Å². The highest BCUT2D eigenvalue weighted by atomic mass is 16.5. The average Bonchev–Trinajstić information content (AvgIpc) is 3.22. The number of nitrogens with zero attached hydrogens (tertiary/aromatic N) is 2. The number of hydrogen-bond acceptors (Lipinski definition) is 3. The number of hydrogen-bond donors (Lipinski definition) is 2. The number of carbonyl (C=O) groups is 1. The molecule has 1 saturated heterocycles. The number of guanidine groups is 1. The van der Waals surface area contributed by atoms with Crippen LogP contribution in [0.3, 0.4) is 0 Å². The van der Waals surface area contributed by atoms with E-state index in [0.717, 1.165) is 49.9 Å². The lowest BCUT2D eigenvalue weighted by molar-refractivity contribution is -0.114. The summed E-state index contributed by atoms with van der Waals surface area (Å²) in [6.07, 6.45) is 2.02. The zero-order valence-electron chi connectivity index (χ0n) is 17.4. The first-order valence-corrected chi connectivity index (χ1v) is 10.0. The normalized spacial score (nSPS) is 16.6. The first-order valence-electron chi connectivity index (χ1n) is 10.0. The fourth-order valence-corrected chi connectivity index (χ4v) is 3.71. The Kier molecular flexibility index (Phi) is 7.11. The number of carbonyl (C=O) groups excluding carboxylic acids is 1. The fourth-order valence-electron chi connectivity index (χ4n) is 3.71. The van der Waals surface area contributed by atoms with Gasteiger partial charge in [0.25, 0.3) is 0 Å². The van der Waals surface area contributed by atoms with Crippen LogP contribution in [0, 0.1) is 0 Å². The highest BCUT2D eigenvalue weighted by molar-refractivity contribution is 5.88.